The minimum Gasteiger partial charge on any atom is -0.494 e. The molecule has 0 saturated carbocycles. The quantitative estimate of drug-likeness (QED) is 0.209. The molecule has 0 aromatic heterocycles. The summed E-state index contributed by atoms with van der Waals surface area (Å²) in [5.41, 5.74) is 0. The Morgan fingerprint density at radius 1 is 0.655 bits per heavy atom. The highest BCUT2D eigenvalue weighted by Crippen LogP contribution is 2.22. The number of hydrogen-bond acceptors (Lipinski definition) is 4. The Kier molecular flexibility index (Phi) is 13.5. The molecule has 0 fully saturated rings. The second-order valence-corrected chi connectivity index (χ2v) is 11.8. The van der Waals surface area contributed by atoms with E-state index < -0.39 is 8.80 Å². The second-order valence-electron chi connectivity index (χ2n) is 9.04. The molecular weight excluding hydrogens is 380 g/mol. The summed E-state index contributed by atoms with van der Waals surface area (Å²) in [6.45, 7) is 16.1. The predicted octanol–water partition coefficient (Wildman–Crippen LogP) is 6.58. The summed E-state index contributed by atoms with van der Waals surface area (Å²) in [7, 11) is -2.71. The Bertz CT molecular complexity index is 469. The van der Waals surface area contributed by atoms with Crippen LogP contribution in [0.4, 0.5) is 0 Å². The maximum atomic E-state index is 6.40. The summed E-state index contributed by atoms with van der Waals surface area (Å²) in [6.07, 6.45) is 3.94. The van der Waals surface area contributed by atoms with Crippen molar-refractivity contribution in [3.63, 3.8) is 0 Å². The number of hydrogen-bond donors (Lipinski definition) is 0. The van der Waals surface area contributed by atoms with E-state index in [9.17, 15) is 0 Å². The molecule has 0 radical (unpaired) electrons. The molecule has 0 saturated heterocycles. The van der Waals surface area contributed by atoms with Crippen molar-refractivity contribution in [2.75, 3.05) is 26.4 Å². The van der Waals surface area contributed by atoms with Gasteiger partial charge >= 0.3 is 8.80 Å². The van der Waals surface area contributed by atoms with Gasteiger partial charge in [0.15, 0.2) is 0 Å². The summed E-state index contributed by atoms with van der Waals surface area (Å²) in [6, 6.07) is 10.8. The van der Waals surface area contributed by atoms with Gasteiger partial charge in [-0.15, -0.1) is 0 Å². The van der Waals surface area contributed by atoms with Gasteiger partial charge in [0.1, 0.15) is 5.75 Å². The van der Waals surface area contributed by atoms with Crippen LogP contribution in [-0.2, 0) is 13.3 Å². The van der Waals surface area contributed by atoms with Crippen LogP contribution in [0.15, 0.2) is 30.3 Å². The van der Waals surface area contributed by atoms with E-state index in [2.05, 4.69) is 41.5 Å². The van der Waals surface area contributed by atoms with Crippen molar-refractivity contribution in [2.24, 2.45) is 17.8 Å². The first-order valence-corrected chi connectivity index (χ1v) is 13.4. The van der Waals surface area contributed by atoms with Crippen molar-refractivity contribution >= 4 is 8.80 Å². The summed E-state index contributed by atoms with van der Waals surface area (Å²) in [5.74, 6) is 2.72. The third-order valence-electron chi connectivity index (χ3n) is 4.69. The third-order valence-corrected chi connectivity index (χ3v) is 7.59. The lowest BCUT2D eigenvalue weighted by molar-refractivity contribution is 0.0489. The highest BCUT2D eigenvalue weighted by molar-refractivity contribution is 6.60. The molecule has 5 heteroatoms. The van der Waals surface area contributed by atoms with Gasteiger partial charge in [-0.1, -0.05) is 59.7 Å². The molecule has 0 spiro atoms. The third kappa shape index (κ3) is 13.1. The smallest absolute Gasteiger partial charge is 0.494 e. The molecule has 1 rings (SSSR count). The first-order valence-electron chi connectivity index (χ1n) is 11.4. The molecule has 0 amide bonds. The Morgan fingerprint density at radius 3 is 1.52 bits per heavy atom. The molecule has 168 valence electrons. The highest BCUT2D eigenvalue weighted by Gasteiger charge is 2.41. The van der Waals surface area contributed by atoms with Crippen LogP contribution in [0.2, 0.25) is 6.04 Å². The lowest BCUT2D eigenvalue weighted by Gasteiger charge is -2.31. The normalized spacial score (nSPS) is 12.3. The molecule has 0 heterocycles. The van der Waals surface area contributed by atoms with E-state index in [1.807, 2.05) is 30.3 Å². The Labute approximate surface area is 180 Å². The van der Waals surface area contributed by atoms with E-state index in [0.29, 0.717) is 44.2 Å². The SMILES string of the molecule is CC(C)CCO[Si](CCCOc1ccccc1)(OCCC(C)C)OCCC(C)C. The monoisotopic (exact) mass is 424 g/mol. The summed E-state index contributed by atoms with van der Waals surface area (Å²) < 4.78 is 25.1. The van der Waals surface area contributed by atoms with E-state index in [-0.39, 0.29) is 0 Å². The zero-order valence-corrected chi connectivity index (χ0v) is 20.6. The maximum Gasteiger partial charge on any atom is 0.501 e. The molecule has 29 heavy (non-hydrogen) atoms. The topological polar surface area (TPSA) is 36.9 Å². The van der Waals surface area contributed by atoms with Gasteiger partial charge in [0.05, 0.1) is 6.61 Å². The largest absolute Gasteiger partial charge is 0.501 e. The molecule has 0 atom stereocenters. The molecule has 0 aliphatic rings. The summed E-state index contributed by atoms with van der Waals surface area (Å²) in [5, 5.41) is 0. The molecule has 0 unspecified atom stereocenters. The van der Waals surface area contributed by atoms with E-state index in [0.717, 1.165) is 37.5 Å². The van der Waals surface area contributed by atoms with Crippen molar-refractivity contribution in [1.82, 2.24) is 0 Å². The molecule has 0 N–H and O–H groups in total. The van der Waals surface area contributed by atoms with Crippen molar-refractivity contribution in [1.29, 1.82) is 0 Å². The van der Waals surface area contributed by atoms with Crippen molar-refractivity contribution < 1.29 is 18.0 Å². The van der Waals surface area contributed by atoms with E-state index in [4.69, 9.17) is 18.0 Å². The first kappa shape index (κ1) is 26.2. The van der Waals surface area contributed by atoms with Gasteiger partial charge in [0.25, 0.3) is 0 Å². The van der Waals surface area contributed by atoms with Crippen molar-refractivity contribution in [3.8, 4) is 5.75 Å². The van der Waals surface area contributed by atoms with Gasteiger partial charge in [0.2, 0.25) is 0 Å². The maximum absolute atomic E-state index is 6.40. The standard InChI is InChI=1S/C24H44O4Si/c1-21(2)13-17-26-29(27-18-14-22(3)4,28-19-15-23(5)6)20-10-16-25-24-11-8-7-9-12-24/h7-9,11-12,21-23H,10,13-20H2,1-6H3. The average Bonchev–Trinajstić information content (AvgIpc) is 2.65. The zero-order valence-electron chi connectivity index (χ0n) is 19.6. The fourth-order valence-electron chi connectivity index (χ4n) is 2.69. The molecule has 1 aromatic rings. The number of benzene rings is 1. The minimum atomic E-state index is -2.71. The summed E-state index contributed by atoms with van der Waals surface area (Å²) in [4.78, 5) is 0. The molecule has 0 aliphatic heterocycles. The molecular formula is C24H44O4Si. The lowest BCUT2D eigenvalue weighted by Crippen LogP contribution is -2.47. The predicted molar refractivity (Wildman–Crippen MR) is 123 cm³/mol. The van der Waals surface area contributed by atoms with Crippen LogP contribution in [0.5, 0.6) is 5.75 Å². The van der Waals surface area contributed by atoms with Crippen molar-refractivity contribution in [3.05, 3.63) is 30.3 Å². The molecule has 0 aliphatic carbocycles. The fourth-order valence-corrected chi connectivity index (χ4v) is 5.23. The van der Waals surface area contributed by atoms with Crippen LogP contribution in [0.25, 0.3) is 0 Å². The van der Waals surface area contributed by atoms with Gasteiger partial charge < -0.3 is 18.0 Å². The number of ether oxygens (including phenoxy) is 1. The minimum absolute atomic E-state index is 0.606. The molecule has 4 nitrogen and oxygen atoms in total. The van der Waals surface area contributed by atoms with Crippen LogP contribution in [0, 0.1) is 17.8 Å². The first-order chi connectivity index (χ1) is 13.8. The van der Waals surface area contributed by atoms with E-state index in [1.165, 1.54) is 0 Å². The summed E-state index contributed by atoms with van der Waals surface area (Å²) >= 11 is 0. The van der Waals surface area contributed by atoms with Crippen LogP contribution < -0.4 is 4.74 Å². The van der Waals surface area contributed by atoms with Gasteiger partial charge in [-0.25, -0.2) is 0 Å². The van der Waals surface area contributed by atoms with Crippen LogP contribution >= 0.6 is 0 Å². The lowest BCUT2D eigenvalue weighted by atomic mass is 10.2. The van der Waals surface area contributed by atoms with Crippen LogP contribution in [0.1, 0.15) is 67.2 Å². The van der Waals surface area contributed by atoms with Gasteiger partial charge in [0, 0.05) is 25.9 Å². The number of para-hydroxylation sites is 1. The van der Waals surface area contributed by atoms with E-state index in [1.54, 1.807) is 0 Å². The van der Waals surface area contributed by atoms with Gasteiger partial charge in [-0.3, -0.25) is 0 Å². The van der Waals surface area contributed by atoms with Crippen LogP contribution in [0.3, 0.4) is 0 Å². The van der Waals surface area contributed by atoms with Gasteiger partial charge in [-0.2, -0.15) is 0 Å². The Morgan fingerprint density at radius 2 is 1.10 bits per heavy atom. The number of rotatable bonds is 17. The fraction of sp³-hybridized carbons (Fsp3) is 0.750. The zero-order chi connectivity index (χ0) is 21.5. The van der Waals surface area contributed by atoms with E-state index >= 15 is 0 Å². The van der Waals surface area contributed by atoms with Crippen LogP contribution in [-0.4, -0.2) is 35.2 Å². The molecule has 0 bridgehead atoms. The Hall–Kier alpha value is -0.883. The highest BCUT2D eigenvalue weighted by atomic mass is 28.4. The average molecular weight is 425 g/mol. The van der Waals surface area contributed by atoms with Gasteiger partial charge in [-0.05, 0) is 55.6 Å². The Balaban J connectivity index is 2.68. The van der Waals surface area contributed by atoms with Crippen molar-refractivity contribution in [2.45, 2.75) is 73.3 Å². The second kappa shape index (κ2) is 15.0. The molecule has 1 aromatic carbocycles.